The van der Waals surface area contributed by atoms with Crippen LogP contribution in [0.1, 0.15) is 5.56 Å². The van der Waals surface area contributed by atoms with Crippen molar-refractivity contribution in [2.45, 2.75) is 10.6 Å². The molecule has 19 heavy (non-hydrogen) atoms. The largest absolute Gasteiger partial charge is 0.223 e. The van der Waals surface area contributed by atoms with E-state index >= 15 is 0 Å². The fourth-order valence-corrected chi connectivity index (χ4v) is 3.23. The molecule has 0 atom stereocenters. The molecule has 0 fully saturated rings. The van der Waals surface area contributed by atoms with Gasteiger partial charge in [-0.1, -0.05) is 29.8 Å². The second-order valence-electron chi connectivity index (χ2n) is 3.93. The molecule has 6 heteroatoms. The summed E-state index contributed by atoms with van der Waals surface area (Å²) in [5.74, 6) is -2.19. The average molecular weight is 303 g/mol. The molecule has 0 saturated heterocycles. The van der Waals surface area contributed by atoms with Gasteiger partial charge >= 0.3 is 0 Å². The van der Waals surface area contributed by atoms with Crippen LogP contribution in [-0.4, -0.2) is 8.42 Å². The third-order valence-corrected chi connectivity index (χ3v) is 4.46. The summed E-state index contributed by atoms with van der Waals surface area (Å²) in [5, 5.41) is 0.171. The first-order valence-electron chi connectivity index (χ1n) is 5.31. The minimum absolute atomic E-state index is 0.0485. The van der Waals surface area contributed by atoms with Crippen molar-refractivity contribution in [1.82, 2.24) is 0 Å². The zero-order valence-corrected chi connectivity index (χ0v) is 11.2. The fourth-order valence-electron chi connectivity index (χ4n) is 1.62. The predicted molar refractivity (Wildman–Crippen MR) is 68.7 cm³/mol. The standard InChI is InChI=1S/C13H9ClF2O2S/c14-10-6-5-9(12(16)7-10)8-19(17,18)13-4-2-1-3-11(13)15/h1-7H,8H2. The first kappa shape index (κ1) is 14.0. The van der Waals surface area contributed by atoms with Crippen molar-refractivity contribution in [3.8, 4) is 0 Å². The summed E-state index contributed by atoms with van der Waals surface area (Å²) < 4.78 is 51.1. The summed E-state index contributed by atoms with van der Waals surface area (Å²) in [4.78, 5) is -0.440. The van der Waals surface area contributed by atoms with Crippen LogP contribution in [0.4, 0.5) is 8.78 Å². The second kappa shape index (κ2) is 5.27. The van der Waals surface area contributed by atoms with Gasteiger partial charge in [-0.05, 0) is 24.3 Å². The van der Waals surface area contributed by atoms with Crippen LogP contribution in [0.25, 0.3) is 0 Å². The smallest absolute Gasteiger partial charge is 0.185 e. The lowest BCUT2D eigenvalue weighted by molar-refractivity contribution is 0.563. The molecular weight excluding hydrogens is 294 g/mol. The normalized spacial score (nSPS) is 11.5. The van der Waals surface area contributed by atoms with Crippen LogP contribution < -0.4 is 0 Å². The van der Waals surface area contributed by atoms with E-state index in [0.29, 0.717) is 0 Å². The minimum Gasteiger partial charge on any atom is -0.223 e. The molecule has 0 aromatic heterocycles. The Labute approximate surface area is 114 Å². The Morgan fingerprint density at radius 2 is 1.68 bits per heavy atom. The summed E-state index contributed by atoms with van der Waals surface area (Å²) in [6.07, 6.45) is 0. The molecule has 0 aliphatic rings. The van der Waals surface area contributed by atoms with E-state index in [1.165, 1.54) is 24.3 Å². The molecule has 2 aromatic carbocycles. The van der Waals surface area contributed by atoms with Crippen molar-refractivity contribution in [1.29, 1.82) is 0 Å². The fraction of sp³-hybridized carbons (Fsp3) is 0.0769. The van der Waals surface area contributed by atoms with Crippen molar-refractivity contribution in [3.63, 3.8) is 0 Å². The molecule has 2 aromatic rings. The number of sulfone groups is 1. The quantitative estimate of drug-likeness (QED) is 0.868. The van der Waals surface area contributed by atoms with Gasteiger partial charge in [-0.2, -0.15) is 0 Å². The van der Waals surface area contributed by atoms with Crippen LogP contribution in [-0.2, 0) is 15.6 Å². The summed E-state index contributed by atoms with van der Waals surface area (Å²) in [6, 6.07) is 8.68. The van der Waals surface area contributed by atoms with Crippen molar-refractivity contribution in [2.75, 3.05) is 0 Å². The van der Waals surface area contributed by atoms with Gasteiger partial charge < -0.3 is 0 Å². The van der Waals surface area contributed by atoms with Crippen molar-refractivity contribution >= 4 is 21.4 Å². The number of benzene rings is 2. The van der Waals surface area contributed by atoms with Gasteiger partial charge in [-0.3, -0.25) is 0 Å². The SMILES string of the molecule is O=S(=O)(Cc1ccc(Cl)cc1F)c1ccccc1F. The van der Waals surface area contributed by atoms with Gasteiger partial charge in [-0.15, -0.1) is 0 Å². The van der Waals surface area contributed by atoms with Gasteiger partial charge in [0, 0.05) is 10.6 Å². The minimum atomic E-state index is -3.94. The van der Waals surface area contributed by atoms with Gasteiger partial charge in [0.05, 0.1) is 5.75 Å². The molecule has 2 nitrogen and oxygen atoms in total. The van der Waals surface area contributed by atoms with Crippen molar-refractivity contribution < 1.29 is 17.2 Å². The molecule has 2 rings (SSSR count). The lowest BCUT2D eigenvalue weighted by atomic mass is 10.2. The lowest BCUT2D eigenvalue weighted by Crippen LogP contribution is -2.08. The molecule has 0 radical (unpaired) electrons. The summed E-state index contributed by atoms with van der Waals surface area (Å²) in [5.41, 5.74) is -0.0485. The molecule has 0 spiro atoms. The maximum atomic E-state index is 13.6. The maximum Gasteiger partial charge on any atom is 0.185 e. The van der Waals surface area contributed by atoms with Gasteiger partial charge in [0.2, 0.25) is 0 Å². The van der Waals surface area contributed by atoms with Gasteiger partial charge in [0.25, 0.3) is 0 Å². The Bertz CT molecular complexity index is 714. The highest BCUT2D eigenvalue weighted by Gasteiger charge is 2.21. The van der Waals surface area contributed by atoms with E-state index < -0.39 is 32.1 Å². The molecule has 0 aliphatic carbocycles. The van der Waals surface area contributed by atoms with Crippen molar-refractivity contribution in [2.24, 2.45) is 0 Å². The van der Waals surface area contributed by atoms with Crippen LogP contribution in [0.5, 0.6) is 0 Å². The average Bonchev–Trinajstić information content (AvgIpc) is 2.33. The number of halogens is 3. The van der Waals surface area contributed by atoms with Crippen molar-refractivity contribution in [3.05, 3.63) is 64.7 Å². The van der Waals surface area contributed by atoms with E-state index in [2.05, 4.69) is 0 Å². The molecule has 0 heterocycles. The van der Waals surface area contributed by atoms with Crippen LogP contribution in [0.2, 0.25) is 5.02 Å². The summed E-state index contributed by atoms with van der Waals surface area (Å²) in [7, 11) is -3.94. The van der Waals surface area contributed by atoms with E-state index in [9.17, 15) is 17.2 Å². The molecular formula is C13H9ClF2O2S. The zero-order valence-electron chi connectivity index (χ0n) is 9.61. The first-order valence-corrected chi connectivity index (χ1v) is 7.34. The molecule has 0 N–H and O–H groups in total. The molecule has 0 amide bonds. The van der Waals surface area contributed by atoms with E-state index in [-0.39, 0.29) is 10.6 Å². The van der Waals surface area contributed by atoms with Gasteiger partial charge in [0.15, 0.2) is 9.84 Å². The van der Waals surface area contributed by atoms with E-state index in [1.807, 2.05) is 0 Å². The third-order valence-electron chi connectivity index (χ3n) is 2.53. The van der Waals surface area contributed by atoms with Gasteiger partial charge in [-0.25, -0.2) is 17.2 Å². The third kappa shape index (κ3) is 3.11. The Hall–Kier alpha value is -1.46. The molecule has 0 aliphatic heterocycles. The molecule has 0 saturated carbocycles. The van der Waals surface area contributed by atoms with E-state index in [1.54, 1.807) is 0 Å². The highest BCUT2D eigenvalue weighted by Crippen LogP contribution is 2.22. The van der Waals surface area contributed by atoms with Crippen LogP contribution >= 0.6 is 11.6 Å². The van der Waals surface area contributed by atoms with Crippen LogP contribution in [0.3, 0.4) is 0 Å². The number of hydrogen-bond donors (Lipinski definition) is 0. The highest BCUT2D eigenvalue weighted by molar-refractivity contribution is 7.90. The molecule has 100 valence electrons. The second-order valence-corrected chi connectivity index (χ2v) is 6.32. The Balaban J connectivity index is 2.40. The summed E-state index contributed by atoms with van der Waals surface area (Å²) >= 11 is 5.58. The topological polar surface area (TPSA) is 34.1 Å². The van der Waals surface area contributed by atoms with Crippen LogP contribution in [0, 0.1) is 11.6 Å². The van der Waals surface area contributed by atoms with E-state index in [0.717, 1.165) is 18.2 Å². The Kier molecular flexibility index (Phi) is 3.87. The number of rotatable bonds is 3. The maximum absolute atomic E-state index is 13.6. The van der Waals surface area contributed by atoms with Gasteiger partial charge in [0.1, 0.15) is 16.5 Å². The van der Waals surface area contributed by atoms with E-state index in [4.69, 9.17) is 11.6 Å². The monoisotopic (exact) mass is 302 g/mol. The number of hydrogen-bond acceptors (Lipinski definition) is 2. The Morgan fingerprint density at radius 1 is 1.00 bits per heavy atom. The lowest BCUT2D eigenvalue weighted by Gasteiger charge is -2.07. The zero-order chi connectivity index (χ0) is 14.0. The molecule has 0 unspecified atom stereocenters. The summed E-state index contributed by atoms with van der Waals surface area (Å²) in [6.45, 7) is 0. The van der Waals surface area contributed by atoms with Crippen LogP contribution in [0.15, 0.2) is 47.4 Å². The highest BCUT2D eigenvalue weighted by atomic mass is 35.5. The first-order chi connectivity index (χ1) is 8.90. The predicted octanol–water partition coefficient (Wildman–Crippen LogP) is 3.59. The Morgan fingerprint density at radius 3 is 2.32 bits per heavy atom. The molecule has 0 bridgehead atoms.